The number of hydrogen-bond acceptors (Lipinski definition) is 3. The van der Waals surface area contributed by atoms with Gasteiger partial charge in [0.15, 0.2) is 0 Å². The van der Waals surface area contributed by atoms with Gasteiger partial charge in [-0.05, 0) is 24.1 Å². The van der Waals surface area contributed by atoms with Crippen LogP contribution in [-0.4, -0.2) is 48.0 Å². The lowest BCUT2D eigenvalue weighted by atomic mass is 10.1. The number of carbonyl (C=O) groups excluding carboxylic acids is 2. The fourth-order valence-corrected chi connectivity index (χ4v) is 3.46. The van der Waals surface area contributed by atoms with Gasteiger partial charge in [0.1, 0.15) is 0 Å². The van der Waals surface area contributed by atoms with Gasteiger partial charge in [-0.25, -0.2) is 4.79 Å². The van der Waals surface area contributed by atoms with Crippen LogP contribution in [0.2, 0.25) is 0 Å². The minimum absolute atomic E-state index is 0.180. The summed E-state index contributed by atoms with van der Waals surface area (Å²) in [5, 5.41) is 5.66. The van der Waals surface area contributed by atoms with Crippen molar-refractivity contribution in [2.45, 2.75) is 32.6 Å². The Balaban J connectivity index is 1.75. The molecule has 3 amide bonds. The van der Waals surface area contributed by atoms with Crippen LogP contribution in [-0.2, 0) is 11.2 Å². The topological polar surface area (TPSA) is 61.4 Å². The molecule has 0 atom stereocenters. The van der Waals surface area contributed by atoms with Crippen molar-refractivity contribution in [1.29, 1.82) is 0 Å². The number of nitrogens with one attached hydrogen (secondary N) is 2. The number of benzene rings is 1. The van der Waals surface area contributed by atoms with Crippen molar-refractivity contribution in [3.8, 4) is 0 Å². The third kappa shape index (κ3) is 6.43. The van der Waals surface area contributed by atoms with Gasteiger partial charge in [0.25, 0.3) is 0 Å². The SMILES string of the molecule is CCCCCNC(=O)Nc1ccc(CC(=O)N2CCSCC2)cc1. The fraction of sp³-hybridized carbons (Fsp3) is 0.556. The van der Waals surface area contributed by atoms with Gasteiger partial charge in [0, 0.05) is 36.8 Å². The Morgan fingerprint density at radius 3 is 2.50 bits per heavy atom. The minimum Gasteiger partial charge on any atom is -0.341 e. The maximum atomic E-state index is 12.2. The molecule has 0 radical (unpaired) electrons. The summed E-state index contributed by atoms with van der Waals surface area (Å²) in [4.78, 5) is 25.9. The highest BCUT2D eigenvalue weighted by molar-refractivity contribution is 7.99. The first-order chi connectivity index (χ1) is 11.7. The van der Waals surface area contributed by atoms with E-state index in [2.05, 4.69) is 17.6 Å². The van der Waals surface area contributed by atoms with E-state index in [0.717, 1.165) is 55.1 Å². The highest BCUT2D eigenvalue weighted by Gasteiger charge is 2.16. The highest BCUT2D eigenvalue weighted by Crippen LogP contribution is 2.13. The Labute approximate surface area is 148 Å². The number of carbonyl (C=O) groups is 2. The Bertz CT molecular complexity index is 528. The van der Waals surface area contributed by atoms with E-state index in [9.17, 15) is 9.59 Å². The standard InChI is InChI=1S/C18H27N3O2S/c1-2-3-4-9-19-18(23)20-16-7-5-15(6-8-16)14-17(22)21-10-12-24-13-11-21/h5-8H,2-4,9-14H2,1H3,(H2,19,20,23). The van der Waals surface area contributed by atoms with Crippen LogP contribution in [0.1, 0.15) is 31.7 Å². The molecule has 1 heterocycles. The summed E-state index contributed by atoms with van der Waals surface area (Å²) in [6, 6.07) is 7.33. The lowest BCUT2D eigenvalue weighted by Gasteiger charge is -2.26. The van der Waals surface area contributed by atoms with Gasteiger partial charge in [0.2, 0.25) is 5.91 Å². The van der Waals surface area contributed by atoms with Crippen LogP contribution in [0.4, 0.5) is 10.5 Å². The lowest BCUT2D eigenvalue weighted by Crippen LogP contribution is -2.38. The van der Waals surface area contributed by atoms with Crippen molar-refractivity contribution in [2.24, 2.45) is 0 Å². The molecule has 1 aliphatic rings. The molecule has 132 valence electrons. The normalized spacial score (nSPS) is 14.3. The number of amides is 3. The number of anilines is 1. The molecule has 0 aliphatic carbocycles. The van der Waals surface area contributed by atoms with Gasteiger partial charge < -0.3 is 15.5 Å². The molecular formula is C18H27N3O2S. The van der Waals surface area contributed by atoms with Crippen molar-refractivity contribution in [3.05, 3.63) is 29.8 Å². The summed E-state index contributed by atoms with van der Waals surface area (Å²) < 4.78 is 0. The quantitative estimate of drug-likeness (QED) is 0.744. The van der Waals surface area contributed by atoms with E-state index in [4.69, 9.17) is 0 Å². The van der Waals surface area contributed by atoms with Gasteiger partial charge in [-0.15, -0.1) is 0 Å². The zero-order chi connectivity index (χ0) is 17.2. The Hall–Kier alpha value is -1.69. The van der Waals surface area contributed by atoms with Gasteiger partial charge in [-0.1, -0.05) is 31.9 Å². The van der Waals surface area contributed by atoms with Crippen LogP contribution >= 0.6 is 11.8 Å². The molecule has 0 unspecified atom stereocenters. The molecule has 1 aliphatic heterocycles. The molecule has 24 heavy (non-hydrogen) atoms. The average Bonchev–Trinajstić information content (AvgIpc) is 2.61. The lowest BCUT2D eigenvalue weighted by molar-refractivity contribution is -0.130. The molecule has 1 saturated heterocycles. The number of urea groups is 1. The van der Waals surface area contributed by atoms with E-state index in [1.165, 1.54) is 0 Å². The molecular weight excluding hydrogens is 322 g/mol. The average molecular weight is 350 g/mol. The van der Waals surface area contributed by atoms with Gasteiger partial charge in [0.05, 0.1) is 6.42 Å². The van der Waals surface area contributed by atoms with Crippen molar-refractivity contribution in [3.63, 3.8) is 0 Å². The second kappa shape index (κ2) is 10.2. The van der Waals surface area contributed by atoms with E-state index >= 15 is 0 Å². The fourth-order valence-electron chi connectivity index (χ4n) is 2.56. The number of thioether (sulfide) groups is 1. The molecule has 0 saturated carbocycles. The van der Waals surface area contributed by atoms with Crippen molar-refractivity contribution in [2.75, 3.05) is 36.5 Å². The number of hydrogen-bond donors (Lipinski definition) is 2. The van der Waals surface area contributed by atoms with Crippen LogP contribution in [0.5, 0.6) is 0 Å². The van der Waals surface area contributed by atoms with Crippen LogP contribution in [0, 0.1) is 0 Å². The first-order valence-corrected chi connectivity index (χ1v) is 9.84. The van der Waals surface area contributed by atoms with Crippen molar-refractivity contribution >= 4 is 29.4 Å². The van der Waals surface area contributed by atoms with Crippen molar-refractivity contribution in [1.82, 2.24) is 10.2 Å². The van der Waals surface area contributed by atoms with E-state index in [-0.39, 0.29) is 11.9 Å². The van der Waals surface area contributed by atoms with E-state index in [0.29, 0.717) is 13.0 Å². The maximum Gasteiger partial charge on any atom is 0.319 e. The smallest absolute Gasteiger partial charge is 0.319 e. The molecule has 5 nitrogen and oxygen atoms in total. The monoisotopic (exact) mass is 349 g/mol. The number of rotatable bonds is 7. The zero-order valence-electron chi connectivity index (χ0n) is 14.3. The molecule has 6 heteroatoms. The first-order valence-electron chi connectivity index (χ1n) is 8.68. The van der Waals surface area contributed by atoms with Crippen LogP contribution in [0.15, 0.2) is 24.3 Å². The Morgan fingerprint density at radius 1 is 1.12 bits per heavy atom. The first kappa shape index (κ1) is 18.6. The van der Waals surface area contributed by atoms with Crippen LogP contribution in [0.25, 0.3) is 0 Å². The summed E-state index contributed by atoms with van der Waals surface area (Å²) in [5.74, 6) is 2.24. The largest absolute Gasteiger partial charge is 0.341 e. The van der Waals surface area contributed by atoms with Crippen LogP contribution < -0.4 is 10.6 Å². The summed E-state index contributed by atoms with van der Waals surface area (Å²) in [6.07, 6.45) is 3.69. The Kier molecular flexibility index (Phi) is 7.95. The molecule has 1 fully saturated rings. The molecule has 2 rings (SSSR count). The van der Waals surface area contributed by atoms with Gasteiger partial charge >= 0.3 is 6.03 Å². The highest BCUT2D eigenvalue weighted by atomic mass is 32.2. The minimum atomic E-state index is -0.180. The molecule has 2 N–H and O–H groups in total. The maximum absolute atomic E-state index is 12.2. The van der Waals surface area contributed by atoms with E-state index in [1.807, 2.05) is 40.9 Å². The second-order valence-corrected chi connectivity index (χ2v) is 7.18. The van der Waals surface area contributed by atoms with Crippen molar-refractivity contribution < 1.29 is 9.59 Å². The molecule has 1 aromatic carbocycles. The third-order valence-electron chi connectivity index (χ3n) is 4.00. The molecule has 1 aromatic rings. The summed E-state index contributed by atoms with van der Waals surface area (Å²) in [6.45, 7) is 4.53. The second-order valence-electron chi connectivity index (χ2n) is 5.95. The Morgan fingerprint density at radius 2 is 1.83 bits per heavy atom. The van der Waals surface area contributed by atoms with E-state index < -0.39 is 0 Å². The van der Waals surface area contributed by atoms with Gasteiger partial charge in [-0.2, -0.15) is 11.8 Å². The summed E-state index contributed by atoms with van der Waals surface area (Å²) in [5.41, 5.74) is 1.72. The van der Waals surface area contributed by atoms with Crippen LogP contribution in [0.3, 0.4) is 0 Å². The third-order valence-corrected chi connectivity index (χ3v) is 4.94. The molecule has 0 spiro atoms. The zero-order valence-corrected chi connectivity index (χ0v) is 15.2. The molecule has 0 bridgehead atoms. The number of nitrogens with zero attached hydrogens (tertiary/aromatic N) is 1. The predicted molar refractivity (Wildman–Crippen MR) is 101 cm³/mol. The summed E-state index contributed by atoms with van der Waals surface area (Å²) >= 11 is 1.90. The summed E-state index contributed by atoms with van der Waals surface area (Å²) in [7, 11) is 0. The van der Waals surface area contributed by atoms with E-state index in [1.54, 1.807) is 0 Å². The predicted octanol–water partition coefficient (Wildman–Crippen LogP) is 3.12. The molecule has 0 aromatic heterocycles. The van der Waals surface area contributed by atoms with Gasteiger partial charge in [-0.3, -0.25) is 4.79 Å². The number of unbranched alkanes of at least 4 members (excludes halogenated alkanes) is 2.